The fraction of sp³-hybridized carbons (Fsp3) is 0.900. The first-order valence-corrected chi connectivity index (χ1v) is 7.68. The molecule has 1 heterocycles. The maximum absolute atomic E-state index is 11.7. The third-order valence-corrected chi connectivity index (χ3v) is 5.92. The van der Waals surface area contributed by atoms with Crippen molar-refractivity contribution < 1.29 is 4.79 Å². The molecular formula is C10H19ClN2OS2. The van der Waals surface area contributed by atoms with Gasteiger partial charge < -0.3 is 11.1 Å². The second-order valence-corrected chi connectivity index (χ2v) is 6.85. The zero-order valence-electron chi connectivity index (χ0n) is 9.24. The Morgan fingerprint density at radius 3 is 2.69 bits per heavy atom. The minimum atomic E-state index is -0.535. The van der Waals surface area contributed by atoms with Crippen LogP contribution in [0.1, 0.15) is 19.3 Å². The topological polar surface area (TPSA) is 55.1 Å². The standard InChI is InChI=1S/C10H18N2OS2.ClH/c11-10(2-1-3-10)9(13)12-6-8-7-14-4-5-15-8;/h8H,1-7,11H2,(H,12,13);1H. The van der Waals surface area contributed by atoms with E-state index >= 15 is 0 Å². The van der Waals surface area contributed by atoms with Gasteiger partial charge in [-0.05, 0) is 19.3 Å². The van der Waals surface area contributed by atoms with Crippen molar-refractivity contribution in [3.8, 4) is 0 Å². The van der Waals surface area contributed by atoms with Crippen LogP contribution in [0.15, 0.2) is 0 Å². The highest BCUT2D eigenvalue weighted by atomic mass is 35.5. The first-order valence-electron chi connectivity index (χ1n) is 5.47. The van der Waals surface area contributed by atoms with Crippen molar-refractivity contribution in [2.24, 2.45) is 5.73 Å². The van der Waals surface area contributed by atoms with Gasteiger partial charge in [-0.15, -0.1) is 12.4 Å². The number of hydrogen-bond acceptors (Lipinski definition) is 4. The largest absolute Gasteiger partial charge is 0.353 e. The summed E-state index contributed by atoms with van der Waals surface area (Å²) in [5, 5.41) is 3.58. The van der Waals surface area contributed by atoms with Gasteiger partial charge in [-0.1, -0.05) is 0 Å². The van der Waals surface area contributed by atoms with Gasteiger partial charge in [-0.25, -0.2) is 0 Å². The van der Waals surface area contributed by atoms with Gasteiger partial charge in [-0.3, -0.25) is 4.79 Å². The molecule has 1 aliphatic heterocycles. The Morgan fingerprint density at radius 1 is 1.44 bits per heavy atom. The van der Waals surface area contributed by atoms with Gasteiger partial charge in [0.2, 0.25) is 5.91 Å². The summed E-state index contributed by atoms with van der Waals surface area (Å²) in [6.07, 6.45) is 2.80. The van der Waals surface area contributed by atoms with E-state index in [9.17, 15) is 4.79 Å². The molecule has 3 N–H and O–H groups in total. The van der Waals surface area contributed by atoms with Crippen LogP contribution in [0.3, 0.4) is 0 Å². The van der Waals surface area contributed by atoms with Crippen LogP contribution in [-0.4, -0.2) is 40.5 Å². The second kappa shape index (κ2) is 6.38. The van der Waals surface area contributed by atoms with Gasteiger partial charge in [0.1, 0.15) is 0 Å². The van der Waals surface area contributed by atoms with Crippen LogP contribution in [0.5, 0.6) is 0 Å². The van der Waals surface area contributed by atoms with Gasteiger partial charge in [0.05, 0.1) is 5.54 Å². The Kier molecular flexibility index (Phi) is 5.77. The second-order valence-electron chi connectivity index (χ2n) is 4.29. The molecule has 0 spiro atoms. The van der Waals surface area contributed by atoms with Crippen LogP contribution >= 0.6 is 35.9 Å². The zero-order valence-corrected chi connectivity index (χ0v) is 11.7. The van der Waals surface area contributed by atoms with E-state index in [-0.39, 0.29) is 18.3 Å². The average molecular weight is 283 g/mol. The molecule has 94 valence electrons. The number of carbonyl (C=O) groups excluding carboxylic acids is 1. The third-order valence-electron chi connectivity index (χ3n) is 3.07. The van der Waals surface area contributed by atoms with E-state index < -0.39 is 5.54 Å². The van der Waals surface area contributed by atoms with E-state index in [0.29, 0.717) is 5.25 Å². The Hall–Kier alpha value is 0.420. The molecule has 2 aliphatic rings. The lowest BCUT2D eigenvalue weighted by Gasteiger charge is -2.36. The van der Waals surface area contributed by atoms with Crippen LogP contribution in [0, 0.1) is 0 Å². The lowest BCUT2D eigenvalue weighted by Crippen LogP contribution is -2.59. The van der Waals surface area contributed by atoms with Gasteiger partial charge in [0, 0.05) is 29.1 Å². The van der Waals surface area contributed by atoms with Crippen LogP contribution in [0.2, 0.25) is 0 Å². The Balaban J connectivity index is 0.00000128. The van der Waals surface area contributed by atoms with E-state index in [1.54, 1.807) is 0 Å². The van der Waals surface area contributed by atoms with Gasteiger partial charge in [0.25, 0.3) is 0 Å². The average Bonchev–Trinajstić information content (AvgIpc) is 2.24. The monoisotopic (exact) mass is 282 g/mol. The van der Waals surface area contributed by atoms with E-state index in [4.69, 9.17) is 5.73 Å². The van der Waals surface area contributed by atoms with Crippen LogP contribution in [-0.2, 0) is 4.79 Å². The highest BCUT2D eigenvalue weighted by Crippen LogP contribution is 2.29. The van der Waals surface area contributed by atoms with E-state index in [2.05, 4.69) is 5.32 Å². The molecule has 0 aromatic heterocycles. The smallest absolute Gasteiger partial charge is 0.240 e. The Bertz CT molecular complexity index is 243. The molecule has 1 unspecified atom stereocenters. The van der Waals surface area contributed by atoms with Crippen molar-refractivity contribution in [2.45, 2.75) is 30.1 Å². The molecule has 6 heteroatoms. The maximum Gasteiger partial charge on any atom is 0.240 e. The van der Waals surface area contributed by atoms with Crippen LogP contribution in [0.25, 0.3) is 0 Å². The van der Waals surface area contributed by atoms with Gasteiger partial charge in [-0.2, -0.15) is 23.5 Å². The van der Waals surface area contributed by atoms with Crippen molar-refractivity contribution >= 4 is 41.8 Å². The number of thioether (sulfide) groups is 2. The highest BCUT2D eigenvalue weighted by molar-refractivity contribution is 8.06. The number of nitrogens with two attached hydrogens (primary N) is 1. The Labute approximate surface area is 111 Å². The SMILES string of the molecule is Cl.NC1(C(=O)NCC2CSCCS2)CCC1. The van der Waals surface area contributed by atoms with E-state index in [1.807, 2.05) is 23.5 Å². The quantitative estimate of drug-likeness (QED) is 0.818. The molecule has 16 heavy (non-hydrogen) atoms. The summed E-state index contributed by atoms with van der Waals surface area (Å²) in [5.74, 6) is 3.67. The highest BCUT2D eigenvalue weighted by Gasteiger charge is 2.40. The molecule has 1 saturated heterocycles. The van der Waals surface area contributed by atoms with Crippen LogP contribution < -0.4 is 11.1 Å². The summed E-state index contributed by atoms with van der Waals surface area (Å²) in [4.78, 5) is 11.7. The summed E-state index contributed by atoms with van der Waals surface area (Å²) in [5.41, 5.74) is 5.40. The van der Waals surface area contributed by atoms with Crippen molar-refractivity contribution in [3.63, 3.8) is 0 Å². The lowest BCUT2D eigenvalue weighted by atomic mass is 9.77. The fourth-order valence-electron chi connectivity index (χ4n) is 1.82. The number of amides is 1. The number of halogens is 1. The Morgan fingerprint density at radius 2 is 2.19 bits per heavy atom. The molecule has 0 aromatic rings. The molecule has 1 saturated carbocycles. The van der Waals surface area contributed by atoms with Gasteiger partial charge >= 0.3 is 0 Å². The number of carbonyl (C=O) groups is 1. The first-order chi connectivity index (χ1) is 7.21. The normalized spacial score (nSPS) is 27.4. The van der Waals surface area contributed by atoms with E-state index in [1.165, 1.54) is 11.5 Å². The number of hydrogen-bond donors (Lipinski definition) is 2. The molecule has 1 aliphatic carbocycles. The molecule has 2 rings (SSSR count). The molecular weight excluding hydrogens is 264 g/mol. The summed E-state index contributed by atoms with van der Waals surface area (Å²) in [6, 6.07) is 0. The predicted octanol–water partition coefficient (Wildman–Crippen LogP) is 1.25. The zero-order chi connectivity index (χ0) is 10.7. The molecule has 1 atom stereocenters. The molecule has 1 amide bonds. The molecule has 0 aromatic carbocycles. The number of rotatable bonds is 3. The molecule has 0 bridgehead atoms. The van der Waals surface area contributed by atoms with Gasteiger partial charge in [0.15, 0.2) is 0 Å². The molecule has 2 fully saturated rings. The summed E-state index contributed by atoms with van der Waals surface area (Å²) < 4.78 is 0. The summed E-state index contributed by atoms with van der Waals surface area (Å²) >= 11 is 3.94. The lowest BCUT2D eigenvalue weighted by molar-refractivity contribution is -0.129. The summed E-state index contributed by atoms with van der Waals surface area (Å²) in [7, 11) is 0. The number of nitrogens with one attached hydrogen (secondary N) is 1. The molecule has 0 radical (unpaired) electrons. The van der Waals surface area contributed by atoms with Crippen molar-refractivity contribution in [3.05, 3.63) is 0 Å². The predicted molar refractivity (Wildman–Crippen MR) is 74.6 cm³/mol. The van der Waals surface area contributed by atoms with E-state index in [0.717, 1.165) is 31.6 Å². The summed E-state index contributed by atoms with van der Waals surface area (Å²) in [6.45, 7) is 0.787. The molecule has 3 nitrogen and oxygen atoms in total. The first kappa shape index (κ1) is 14.5. The van der Waals surface area contributed by atoms with Crippen molar-refractivity contribution in [1.82, 2.24) is 5.32 Å². The van der Waals surface area contributed by atoms with Crippen molar-refractivity contribution in [2.75, 3.05) is 23.8 Å². The minimum absolute atomic E-state index is 0. The fourth-order valence-corrected chi connectivity index (χ4v) is 4.43. The minimum Gasteiger partial charge on any atom is -0.353 e. The maximum atomic E-state index is 11.7. The van der Waals surface area contributed by atoms with Crippen molar-refractivity contribution in [1.29, 1.82) is 0 Å². The van der Waals surface area contributed by atoms with Crippen LogP contribution in [0.4, 0.5) is 0 Å². The third kappa shape index (κ3) is 3.45.